The number of rotatable bonds is 1. The predicted octanol–water partition coefficient (Wildman–Crippen LogP) is 2.98. The van der Waals surface area contributed by atoms with Gasteiger partial charge in [0.05, 0.1) is 6.04 Å². The molecule has 16 heavy (non-hydrogen) atoms. The van der Waals surface area contributed by atoms with Crippen LogP contribution in [0.25, 0.3) is 0 Å². The van der Waals surface area contributed by atoms with Gasteiger partial charge >= 0.3 is 6.09 Å². The summed E-state index contributed by atoms with van der Waals surface area (Å²) in [5.41, 5.74) is 0.759. The van der Waals surface area contributed by atoms with E-state index in [1.807, 2.05) is 51.1 Å². The summed E-state index contributed by atoms with van der Waals surface area (Å²) in [6.07, 6.45) is -0.221. The molecule has 2 rings (SSSR count). The van der Waals surface area contributed by atoms with Gasteiger partial charge in [-0.2, -0.15) is 0 Å². The Morgan fingerprint density at radius 3 is 2.50 bits per heavy atom. The average molecular weight is 219 g/mol. The fourth-order valence-corrected chi connectivity index (χ4v) is 1.62. The summed E-state index contributed by atoms with van der Waals surface area (Å²) in [5.74, 6) is 0. The van der Waals surface area contributed by atoms with Gasteiger partial charge in [0, 0.05) is 6.54 Å². The first kappa shape index (κ1) is 11.0. The lowest BCUT2D eigenvalue weighted by molar-refractivity contribution is 0.0406. The van der Waals surface area contributed by atoms with Crippen molar-refractivity contribution in [3.05, 3.63) is 35.9 Å². The van der Waals surface area contributed by atoms with Crippen LogP contribution in [0.2, 0.25) is 0 Å². The first-order valence-corrected chi connectivity index (χ1v) is 5.52. The molecule has 1 fully saturated rings. The zero-order valence-electron chi connectivity index (χ0n) is 9.93. The highest BCUT2D eigenvalue weighted by atomic mass is 16.6. The SMILES string of the molecule is CC(C)(C)OC(=O)N1C[C@H]1c1ccccc1. The normalized spacial score (nSPS) is 19.4. The molecule has 0 spiro atoms. The lowest BCUT2D eigenvalue weighted by atomic mass is 10.2. The Bertz CT molecular complexity index is 381. The molecule has 0 N–H and O–H groups in total. The van der Waals surface area contributed by atoms with Crippen molar-refractivity contribution in [1.29, 1.82) is 0 Å². The highest BCUT2D eigenvalue weighted by Gasteiger charge is 2.41. The van der Waals surface area contributed by atoms with E-state index in [-0.39, 0.29) is 12.1 Å². The van der Waals surface area contributed by atoms with E-state index in [4.69, 9.17) is 4.74 Å². The third-order valence-corrected chi connectivity index (χ3v) is 2.42. The van der Waals surface area contributed by atoms with E-state index in [1.165, 1.54) is 5.56 Å². The average Bonchev–Trinajstić information content (AvgIpc) is 2.96. The molecule has 1 aliphatic heterocycles. The quantitative estimate of drug-likeness (QED) is 0.679. The minimum Gasteiger partial charge on any atom is -0.444 e. The van der Waals surface area contributed by atoms with Crippen LogP contribution in [0.3, 0.4) is 0 Å². The highest BCUT2D eigenvalue weighted by molar-refractivity contribution is 5.72. The first-order valence-electron chi connectivity index (χ1n) is 5.52. The third-order valence-electron chi connectivity index (χ3n) is 2.42. The van der Waals surface area contributed by atoms with E-state index < -0.39 is 5.60 Å². The van der Waals surface area contributed by atoms with Gasteiger partial charge in [0.15, 0.2) is 0 Å². The lowest BCUT2D eigenvalue weighted by Gasteiger charge is -2.19. The van der Waals surface area contributed by atoms with Gasteiger partial charge < -0.3 is 4.74 Å². The first-order chi connectivity index (χ1) is 7.47. The Morgan fingerprint density at radius 2 is 1.94 bits per heavy atom. The number of amides is 1. The zero-order chi connectivity index (χ0) is 11.8. The van der Waals surface area contributed by atoms with Crippen molar-refractivity contribution in [2.24, 2.45) is 0 Å². The van der Waals surface area contributed by atoms with Crippen LogP contribution in [-0.2, 0) is 4.74 Å². The second kappa shape index (κ2) is 3.81. The van der Waals surface area contributed by atoms with Gasteiger partial charge in [0.1, 0.15) is 5.60 Å². The van der Waals surface area contributed by atoms with Gasteiger partial charge in [-0.15, -0.1) is 0 Å². The Kier molecular flexibility index (Phi) is 2.62. The number of hydrogen-bond donors (Lipinski definition) is 0. The Hall–Kier alpha value is -1.51. The van der Waals surface area contributed by atoms with Crippen LogP contribution in [0.1, 0.15) is 32.4 Å². The monoisotopic (exact) mass is 219 g/mol. The van der Waals surface area contributed by atoms with Crippen LogP contribution < -0.4 is 0 Å². The minimum atomic E-state index is -0.416. The van der Waals surface area contributed by atoms with Crippen molar-refractivity contribution in [2.45, 2.75) is 32.4 Å². The summed E-state index contributed by atoms with van der Waals surface area (Å²) in [4.78, 5) is 13.4. The molecule has 0 saturated carbocycles. The fraction of sp³-hybridized carbons (Fsp3) is 0.462. The summed E-state index contributed by atoms with van der Waals surface area (Å²) in [6, 6.07) is 10.2. The molecule has 0 bridgehead atoms. The molecular formula is C13H17NO2. The molecule has 1 aromatic carbocycles. The van der Waals surface area contributed by atoms with Crippen LogP contribution in [-0.4, -0.2) is 23.1 Å². The molecule has 1 amide bonds. The van der Waals surface area contributed by atoms with Crippen LogP contribution >= 0.6 is 0 Å². The van der Waals surface area contributed by atoms with Crippen molar-refractivity contribution >= 4 is 6.09 Å². The second-order valence-electron chi connectivity index (χ2n) is 5.06. The van der Waals surface area contributed by atoms with E-state index in [0.29, 0.717) is 0 Å². The van der Waals surface area contributed by atoms with Crippen LogP contribution in [0.15, 0.2) is 30.3 Å². The number of carbonyl (C=O) groups is 1. The number of carbonyl (C=O) groups excluding carboxylic acids is 1. The predicted molar refractivity (Wildman–Crippen MR) is 62.1 cm³/mol. The van der Waals surface area contributed by atoms with E-state index >= 15 is 0 Å². The summed E-state index contributed by atoms with van der Waals surface area (Å²) in [5, 5.41) is 0. The molecule has 0 unspecified atom stereocenters. The number of hydrogen-bond acceptors (Lipinski definition) is 2. The van der Waals surface area contributed by atoms with E-state index in [9.17, 15) is 4.79 Å². The van der Waals surface area contributed by atoms with E-state index in [2.05, 4.69) is 0 Å². The molecule has 0 aromatic heterocycles. The molecule has 3 heteroatoms. The highest BCUT2D eigenvalue weighted by Crippen LogP contribution is 2.35. The van der Waals surface area contributed by atoms with E-state index in [1.54, 1.807) is 4.90 Å². The van der Waals surface area contributed by atoms with Crippen molar-refractivity contribution in [3.63, 3.8) is 0 Å². The summed E-state index contributed by atoms with van der Waals surface area (Å²) in [6.45, 7) is 6.41. The maximum absolute atomic E-state index is 11.7. The Labute approximate surface area is 96.0 Å². The standard InChI is InChI=1S/C13H17NO2/c1-13(2,3)16-12(15)14-9-11(14)10-7-5-4-6-8-10/h4-8,11H,9H2,1-3H3/t11-,14?/m0/s1. The topological polar surface area (TPSA) is 29.3 Å². The molecule has 3 nitrogen and oxygen atoms in total. The van der Waals surface area contributed by atoms with Gasteiger partial charge in [-0.25, -0.2) is 4.79 Å². The molecule has 1 saturated heterocycles. The summed E-state index contributed by atoms with van der Waals surface area (Å²) in [7, 11) is 0. The minimum absolute atomic E-state index is 0.205. The molecule has 0 aliphatic carbocycles. The van der Waals surface area contributed by atoms with Gasteiger partial charge in [-0.05, 0) is 26.3 Å². The molecule has 1 atom stereocenters. The van der Waals surface area contributed by atoms with Crippen LogP contribution in [0.4, 0.5) is 4.79 Å². The fourth-order valence-electron chi connectivity index (χ4n) is 1.62. The van der Waals surface area contributed by atoms with E-state index in [0.717, 1.165) is 6.54 Å². The second-order valence-corrected chi connectivity index (χ2v) is 5.06. The zero-order valence-corrected chi connectivity index (χ0v) is 9.93. The van der Waals surface area contributed by atoms with Gasteiger partial charge in [-0.3, -0.25) is 4.90 Å². The van der Waals surface area contributed by atoms with Crippen LogP contribution in [0, 0.1) is 0 Å². The third kappa shape index (κ3) is 2.54. The number of nitrogens with zero attached hydrogens (tertiary/aromatic N) is 1. The lowest BCUT2D eigenvalue weighted by Crippen LogP contribution is -2.27. The molecule has 86 valence electrons. The smallest absolute Gasteiger partial charge is 0.410 e. The van der Waals surface area contributed by atoms with Gasteiger partial charge in [0.25, 0.3) is 0 Å². The van der Waals surface area contributed by atoms with Crippen LogP contribution in [0.5, 0.6) is 0 Å². The number of ether oxygens (including phenoxy) is 1. The Morgan fingerprint density at radius 1 is 1.31 bits per heavy atom. The summed E-state index contributed by atoms with van der Waals surface area (Å²) >= 11 is 0. The maximum atomic E-state index is 11.7. The molecule has 1 aliphatic rings. The maximum Gasteiger partial charge on any atom is 0.410 e. The number of benzene rings is 1. The van der Waals surface area contributed by atoms with Crippen molar-refractivity contribution < 1.29 is 9.53 Å². The van der Waals surface area contributed by atoms with Crippen molar-refractivity contribution in [2.75, 3.05) is 6.54 Å². The van der Waals surface area contributed by atoms with Crippen molar-refractivity contribution in [3.8, 4) is 0 Å². The molecule has 0 radical (unpaired) electrons. The summed E-state index contributed by atoms with van der Waals surface area (Å²) < 4.78 is 5.30. The molecular weight excluding hydrogens is 202 g/mol. The molecule has 1 heterocycles. The van der Waals surface area contributed by atoms with Crippen molar-refractivity contribution in [1.82, 2.24) is 4.90 Å². The molecule has 1 aromatic rings. The van der Waals surface area contributed by atoms with Gasteiger partial charge in [-0.1, -0.05) is 30.3 Å². The van der Waals surface area contributed by atoms with Gasteiger partial charge in [0.2, 0.25) is 0 Å². The Balaban J connectivity index is 1.95. The largest absolute Gasteiger partial charge is 0.444 e.